The van der Waals surface area contributed by atoms with Crippen molar-refractivity contribution in [1.29, 1.82) is 0 Å². The lowest BCUT2D eigenvalue weighted by molar-refractivity contribution is -0.206. The Morgan fingerprint density at radius 1 is 1.00 bits per heavy atom. The second-order valence-electron chi connectivity index (χ2n) is 5.78. The standard InChI is InChI=1S/C18H28O3/c1-3-5-7-15-13-20-18(21-14-15)16-8-10-17(11-9-16)19-12-6-4-2/h8-11,15,18H,3-7,12-14H2,1-2H3. The van der Waals surface area contributed by atoms with Gasteiger partial charge in [-0.2, -0.15) is 0 Å². The fourth-order valence-electron chi connectivity index (χ4n) is 2.45. The Labute approximate surface area is 128 Å². The minimum atomic E-state index is -0.215. The van der Waals surface area contributed by atoms with Crippen molar-refractivity contribution >= 4 is 0 Å². The van der Waals surface area contributed by atoms with E-state index in [0.717, 1.165) is 44.0 Å². The van der Waals surface area contributed by atoms with Crippen LogP contribution >= 0.6 is 0 Å². The Hall–Kier alpha value is -1.06. The molecule has 1 heterocycles. The van der Waals surface area contributed by atoms with Crippen LogP contribution in [0, 0.1) is 5.92 Å². The van der Waals surface area contributed by atoms with Gasteiger partial charge in [-0.1, -0.05) is 45.2 Å². The molecule has 0 radical (unpaired) electrons. The Morgan fingerprint density at radius 3 is 2.29 bits per heavy atom. The summed E-state index contributed by atoms with van der Waals surface area (Å²) in [5, 5.41) is 0. The van der Waals surface area contributed by atoms with E-state index in [-0.39, 0.29) is 6.29 Å². The Morgan fingerprint density at radius 2 is 1.67 bits per heavy atom. The van der Waals surface area contributed by atoms with Gasteiger partial charge in [-0.05, 0) is 25.0 Å². The second kappa shape index (κ2) is 9.06. The van der Waals surface area contributed by atoms with Crippen LogP contribution in [0.15, 0.2) is 24.3 Å². The molecule has 21 heavy (non-hydrogen) atoms. The third-order valence-corrected chi connectivity index (χ3v) is 3.85. The minimum Gasteiger partial charge on any atom is -0.494 e. The first-order valence-corrected chi connectivity index (χ1v) is 8.29. The molecule has 0 saturated carbocycles. The van der Waals surface area contributed by atoms with E-state index in [1.807, 2.05) is 24.3 Å². The normalized spacial score (nSPS) is 22.2. The number of ether oxygens (including phenoxy) is 3. The second-order valence-corrected chi connectivity index (χ2v) is 5.78. The topological polar surface area (TPSA) is 27.7 Å². The number of unbranched alkanes of at least 4 members (excludes halogenated alkanes) is 2. The van der Waals surface area contributed by atoms with Crippen molar-refractivity contribution in [2.45, 2.75) is 52.2 Å². The fraction of sp³-hybridized carbons (Fsp3) is 0.667. The van der Waals surface area contributed by atoms with Gasteiger partial charge in [-0.3, -0.25) is 0 Å². The van der Waals surface area contributed by atoms with Crippen LogP contribution in [0.3, 0.4) is 0 Å². The maximum absolute atomic E-state index is 5.85. The summed E-state index contributed by atoms with van der Waals surface area (Å²) in [7, 11) is 0. The first-order chi connectivity index (χ1) is 10.3. The van der Waals surface area contributed by atoms with E-state index in [4.69, 9.17) is 14.2 Å². The predicted octanol–water partition coefficient (Wildman–Crippen LogP) is 4.72. The summed E-state index contributed by atoms with van der Waals surface area (Å²) in [4.78, 5) is 0. The first-order valence-electron chi connectivity index (χ1n) is 8.29. The van der Waals surface area contributed by atoms with Gasteiger partial charge in [0, 0.05) is 11.5 Å². The van der Waals surface area contributed by atoms with E-state index in [1.165, 1.54) is 19.3 Å². The summed E-state index contributed by atoms with van der Waals surface area (Å²) in [5.74, 6) is 1.47. The molecule has 1 aromatic rings. The van der Waals surface area contributed by atoms with Crippen molar-refractivity contribution in [3.05, 3.63) is 29.8 Å². The van der Waals surface area contributed by atoms with Gasteiger partial charge >= 0.3 is 0 Å². The molecule has 0 atom stereocenters. The molecule has 1 aliphatic rings. The predicted molar refractivity (Wildman–Crippen MR) is 84.5 cm³/mol. The average molecular weight is 292 g/mol. The molecule has 2 rings (SSSR count). The highest BCUT2D eigenvalue weighted by molar-refractivity contribution is 5.28. The van der Waals surface area contributed by atoms with Gasteiger partial charge in [0.15, 0.2) is 6.29 Å². The average Bonchev–Trinajstić information content (AvgIpc) is 2.54. The molecule has 3 heteroatoms. The molecule has 0 amide bonds. The molecular weight excluding hydrogens is 264 g/mol. The molecule has 0 N–H and O–H groups in total. The highest BCUT2D eigenvalue weighted by Crippen LogP contribution is 2.28. The van der Waals surface area contributed by atoms with Gasteiger partial charge in [-0.15, -0.1) is 0 Å². The van der Waals surface area contributed by atoms with Crippen LogP contribution in [-0.4, -0.2) is 19.8 Å². The van der Waals surface area contributed by atoms with Gasteiger partial charge in [0.2, 0.25) is 0 Å². The largest absolute Gasteiger partial charge is 0.494 e. The SMILES string of the molecule is CCCCOc1ccc(C2OCC(CCCC)CO2)cc1. The van der Waals surface area contributed by atoms with Crippen molar-refractivity contribution in [2.24, 2.45) is 5.92 Å². The van der Waals surface area contributed by atoms with Gasteiger partial charge in [0.05, 0.1) is 19.8 Å². The molecule has 1 fully saturated rings. The third-order valence-electron chi connectivity index (χ3n) is 3.85. The Kier molecular flexibility index (Phi) is 7.04. The highest BCUT2D eigenvalue weighted by atomic mass is 16.7. The molecule has 3 nitrogen and oxygen atoms in total. The fourth-order valence-corrected chi connectivity index (χ4v) is 2.45. The summed E-state index contributed by atoms with van der Waals surface area (Å²) < 4.78 is 17.4. The Bertz CT molecular complexity index is 380. The highest BCUT2D eigenvalue weighted by Gasteiger charge is 2.23. The van der Waals surface area contributed by atoms with E-state index in [1.54, 1.807) is 0 Å². The summed E-state index contributed by atoms with van der Waals surface area (Å²) in [6.45, 7) is 6.78. The van der Waals surface area contributed by atoms with Gasteiger partial charge in [0.1, 0.15) is 5.75 Å². The maximum atomic E-state index is 5.85. The molecular formula is C18H28O3. The third kappa shape index (κ3) is 5.33. The van der Waals surface area contributed by atoms with Crippen molar-refractivity contribution in [3.63, 3.8) is 0 Å². The molecule has 118 valence electrons. The van der Waals surface area contributed by atoms with Gasteiger partial charge < -0.3 is 14.2 Å². The van der Waals surface area contributed by atoms with Gasteiger partial charge in [-0.25, -0.2) is 0 Å². The van der Waals surface area contributed by atoms with E-state index < -0.39 is 0 Å². The van der Waals surface area contributed by atoms with Crippen LogP contribution in [-0.2, 0) is 9.47 Å². The molecule has 0 unspecified atom stereocenters. The van der Waals surface area contributed by atoms with Crippen LogP contribution in [0.1, 0.15) is 57.8 Å². The lowest BCUT2D eigenvalue weighted by atomic mass is 10.0. The first kappa shape index (κ1) is 16.3. The van der Waals surface area contributed by atoms with Crippen molar-refractivity contribution < 1.29 is 14.2 Å². The van der Waals surface area contributed by atoms with Gasteiger partial charge in [0.25, 0.3) is 0 Å². The van der Waals surface area contributed by atoms with Crippen LogP contribution in [0.25, 0.3) is 0 Å². The number of benzene rings is 1. The number of hydrogen-bond acceptors (Lipinski definition) is 3. The zero-order chi connectivity index (χ0) is 14.9. The zero-order valence-electron chi connectivity index (χ0n) is 13.3. The molecule has 1 aliphatic heterocycles. The molecule has 1 saturated heterocycles. The smallest absolute Gasteiger partial charge is 0.183 e. The van der Waals surface area contributed by atoms with Crippen molar-refractivity contribution in [3.8, 4) is 5.75 Å². The van der Waals surface area contributed by atoms with E-state index in [9.17, 15) is 0 Å². The van der Waals surface area contributed by atoms with Crippen molar-refractivity contribution in [1.82, 2.24) is 0 Å². The molecule has 0 spiro atoms. The lowest BCUT2D eigenvalue weighted by Gasteiger charge is -2.29. The van der Waals surface area contributed by atoms with E-state index in [0.29, 0.717) is 5.92 Å². The lowest BCUT2D eigenvalue weighted by Crippen LogP contribution is -2.27. The van der Waals surface area contributed by atoms with Crippen LogP contribution in [0.4, 0.5) is 0 Å². The maximum Gasteiger partial charge on any atom is 0.183 e. The number of rotatable bonds is 8. The number of hydrogen-bond donors (Lipinski definition) is 0. The monoisotopic (exact) mass is 292 g/mol. The summed E-state index contributed by atoms with van der Waals surface area (Å²) in [6, 6.07) is 8.08. The zero-order valence-corrected chi connectivity index (χ0v) is 13.3. The molecule has 0 aliphatic carbocycles. The van der Waals surface area contributed by atoms with Crippen LogP contribution in [0.5, 0.6) is 5.75 Å². The quantitative estimate of drug-likeness (QED) is 0.649. The summed E-state index contributed by atoms with van der Waals surface area (Å²) >= 11 is 0. The summed E-state index contributed by atoms with van der Waals surface area (Å²) in [5.41, 5.74) is 1.08. The van der Waals surface area contributed by atoms with Crippen LogP contribution in [0.2, 0.25) is 0 Å². The minimum absolute atomic E-state index is 0.215. The molecule has 0 aromatic heterocycles. The molecule has 1 aromatic carbocycles. The summed E-state index contributed by atoms with van der Waals surface area (Å²) in [6.07, 6.45) is 5.72. The van der Waals surface area contributed by atoms with Crippen molar-refractivity contribution in [2.75, 3.05) is 19.8 Å². The molecule has 0 bridgehead atoms. The van der Waals surface area contributed by atoms with E-state index >= 15 is 0 Å². The van der Waals surface area contributed by atoms with Crippen LogP contribution < -0.4 is 4.74 Å². The Balaban J connectivity index is 1.78. The van der Waals surface area contributed by atoms with E-state index in [2.05, 4.69) is 13.8 Å².